The Morgan fingerprint density at radius 2 is 2.30 bits per heavy atom. The van der Waals surface area contributed by atoms with Crippen molar-refractivity contribution < 1.29 is 9.90 Å². The molecule has 0 aliphatic carbocycles. The number of thiophene rings is 1. The second-order valence-electron chi connectivity index (χ2n) is 4.86. The van der Waals surface area contributed by atoms with Gasteiger partial charge in [-0.15, -0.1) is 11.3 Å². The number of nitrogen functional groups attached to an aromatic ring is 1. The molecule has 0 atom stereocenters. The molecular formula is C14H19N3O2S. The van der Waals surface area contributed by atoms with Gasteiger partial charge in [-0.2, -0.15) is 0 Å². The van der Waals surface area contributed by atoms with Gasteiger partial charge in [0, 0.05) is 25.4 Å². The summed E-state index contributed by atoms with van der Waals surface area (Å²) in [4.78, 5) is 19.1. The number of nitrogens with zero attached hydrogens (tertiary/aromatic N) is 2. The fraction of sp³-hybridized carbons (Fsp3) is 0.429. The molecule has 0 aromatic carbocycles. The van der Waals surface area contributed by atoms with Crippen LogP contribution in [0.25, 0.3) is 10.2 Å². The van der Waals surface area contributed by atoms with Crippen LogP contribution < -0.4 is 5.73 Å². The highest BCUT2D eigenvalue weighted by molar-refractivity contribution is 7.21. The molecule has 0 aliphatic rings. The smallest absolute Gasteiger partial charge is 0.266 e. The largest absolute Gasteiger partial charge is 0.396 e. The standard InChI is InChI=1S/C14H19N3O2S/c1-9(2)17(7-4-8-18)14(19)13-11(15)12-10(20-13)5-3-6-16-12/h3,5-6,9,18H,4,7-8,15H2,1-2H3. The summed E-state index contributed by atoms with van der Waals surface area (Å²) in [6.07, 6.45) is 2.23. The van der Waals surface area contributed by atoms with Gasteiger partial charge >= 0.3 is 0 Å². The lowest BCUT2D eigenvalue weighted by Gasteiger charge is -2.26. The van der Waals surface area contributed by atoms with Gasteiger partial charge in [0.25, 0.3) is 5.91 Å². The van der Waals surface area contributed by atoms with Crippen molar-refractivity contribution in [1.29, 1.82) is 0 Å². The van der Waals surface area contributed by atoms with Crippen LogP contribution >= 0.6 is 11.3 Å². The summed E-state index contributed by atoms with van der Waals surface area (Å²) in [5.41, 5.74) is 7.19. The molecule has 6 heteroatoms. The first-order valence-electron chi connectivity index (χ1n) is 6.61. The average molecular weight is 293 g/mol. The van der Waals surface area contributed by atoms with Crippen LogP contribution in [0.3, 0.4) is 0 Å². The van der Waals surface area contributed by atoms with E-state index in [0.29, 0.717) is 29.0 Å². The molecule has 0 fully saturated rings. The highest BCUT2D eigenvalue weighted by atomic mass is 32.1. The highest BCUT2D eigenvalue weighted by Gasteiger charge is 2.24. The Balaban J connectivity index is 2.36. The van der Waals surface area contributed by atoms with E-state index in [2.05, 4.69) is 4.98 Å². The van der Waals surface area contributed by atoms with Crippen molar-refractivity contribution in [2.45, 2.75) is 26.3 Å². The summed E-state index contributed by atoms with van der Waals surface area (Å²) in [6, 6.07) is 3.80. The molecule has 2 heterocycles. The third kappa shape index (κ3) is 2.76. The molecule has 0 radical (unpaired) electrons. The molecule has 2 aromatic rings. The zero-order chi connectivity index (χ0) is 14.7. The van der Waals surface area contributed by atoms with Crippen molar-refractivity contribution in [2.75, 3.05) is 18.9 Å². The molecule has 108 valence electrons. The second-order valence-corrected chi connectivity index (χ2v) is 5.92. The van der Waals surface area contributed by atoms with Gasteiger partial charge < -0.3 is 15.7 Å². The number of nitrogens with two attached hydrogens (primary N) is 1. The first-order valence-corrected chi connectivity index (χ1v) is 7.42. The van der Waals surface area contributed by atoms with Crippen LogP contribution in [0.2, 0.25) is 0 Å². The van der Waals surface area contributed by atoms with Gasteiger partial charge in [0.15, 0.2) is 0 Å². The fourth-order valence-electron chi connectivity index (χ4n) is 2.07. The van der Waals surface area contributed by atoms with Crippen LogP contribution in [0.15, 0.2) is 18.3 Å². The van der Waals surface area contributed by atoms with E-state index in [1.807, 2.05) is 26.0 Å². The van der Waals surface area contributed by atoms with Gasteiger partial charge in [-0.05, 0) is 32.4 Å². The minimum absolute atomic E-state index is 0.0617. The van der Waals surface area contributed by atoms with E-state index in [-0.39, 0.29) is 18.6 Å². The topological polar surface area (TPSA) is 79.5 Å². The van der Waals surface area contributed by atoms with E-state index in [9.17, 15) is 4.79 Å². The lowest BCUT2D eigenvalue weighted by Crippen LogP contribution is -2.37. The van der Waals surface area contributed by atoms with Crippen molar-refractivity contribution in [3.63, 3.8) is 0 Å². The van der Waals surface area contributed by atoms with Gasteiger partial charge in [0.05, 0.1) is 10.4 Å². The van der Waals surface area contributed by atoms with Gasteiger partial charge in [0.2, 0.25) is 0 Å². The van der Waals surface area contributed by atoms with Crippen LogP contribution in [0.4, 0.5) is 5.69 Å². The minimum atomic E-state index is -0.0889. The molecule has 20 heavy (non-hydrogen) atoms. The van der Waals surface area contributed by atoms with Crippen LogP contribution in [0.1, 0.15) is 29.9 Å². The summed E-state index contributed by atoms with van der Waals surface area (Å²) < 4.78 is 0.916. The summed E-state index contributed by atoms with van der Waals surface area (Å²) >= 11 is 1.37. The molecule has 0 bridgehead atoms. The average Bonchev–Trinajstić information content (AvgIpc) is 2.76. The van der Waals surface area contributed by atoms with Gasteiger partial charge in [-0.3, -0.25) is 9.78 Å². The second kappa shape index (κ2) is 6.19. The van der Waals surface area contributed by atoms with Crippen molar-refractivity contribution >= 4 is 33.1 Å². The third-order valence-electron chi connectivity index (χ3n) is 3.12. The molecule has 0 saturated heterocycles. The van der Waals surface area contributed by atoms with E-state index in [1.54, 1.807) is 11.1 Å². The molecule has 0 saturated carbocycles. The van der Waals surface area contributed by atoms with Crippen molar-refractivity contribution in [3.8, 4) is 0 Å². The van der Waals surface area contributed by atoms with Crippen LogP contribution in [0, 0.1) is 0 Å². The van der Waals surface area contributed by atoms with Crippen molar-refractivity contribution in [1.82, 2.24) is 9.88 Å². The Morgan fingerprint density at radius 1 is 1.55 bits per heavy atom. The number of hydrogen-bond acceptors (Lipinski definition) is 5. The summed E-state index contributed by atoms with van der Waals surface area (Å²) in [7, 11) is 0. The Bertz CT molecular complexity index is 609. The Hall–Kier alpha value is -1.66. The molecule has 5 nitrogen and oxygen atoms in total. The van der Waals surface area contributed by atoms with Crippen LogP contribution in [-0.2, 0) is 0 Å². The van der Waals surface area contributed by atoms with Gasteiger partial charge in [-0.25, -0.2) is 0 Å². The number of aliphatic hydroxyl groups excluding tert-OH is 1. The number of rotatable bonds is 5. The van der Waals surface area contributed by atoms with Gasteiger partial charge in [0.1, 0.15) is 10.4 Å². The van der Waals surface area contributed by atoms with Crippen LogP contribution in [-0.4, -0.2) is 40.1 Å². The Labute approximate surface area is 122 Å². The zero-order valence-electron chi connectivity index (χ0n) is 11.7. The SMILES string of the molecule is CC(C)N(CCCO)C(=O)c1sc2cccnc2c1N. The molecule has 0 aliphatic heterocycles. The van der Waals surface area contributed by atoms with Crippen molar-refractivity contribution in [2.24, 2.45) is 0 Å². The number of anilines is 1. The van der Waals surface area contributed by atoms with E-state index in [4.69, 9.17) is 10.8 Å². The number of aromatic nitrogens is 1. The number of pyridine rings is 1. The lowest BCUT2D eigenvalue weighted by molar-refractivity contribution is 0.0699. The fourth-order valence-corrected chi connectivity index (χ4v) is 3.11. The first-order chi connectivity index (χ1) is 9.56. The number of hydrogen-bond donors (Lipinski definition) is 2. The molecule has 0 spiro atoms. The summed E-state index contributed by atoms with van der Waals surface area (Å²) in [5, 5.41) is 8.95. The molecule has 0 unspecified atom stereocenters. The maximum Gasteiger partial charge on any atom is 0.266 e. The molecule has 3 N–H and O–H groups in total. The molecule has 2 rings (SSSR count). The quantitative estimate of drug-likeness (QED) is 0.885. The number of fused-ring (bicyclic) bond motifs is 1. The first kappa shape index (κ1) is 14.7. The van der Waals surface area contributed by atoms with Crippen LogP contribution in [0.5, 0.6) is 0 Å². The van der Waals surface area contributed by atoms with E-state index in [1.165, 1.54) is 11.3 Å². The summed E-state index contributed by atoms with van der Waals surface area (Å²) in [6.45, 7) is 4.50. The third-order valence-corrected chi connectivity index (χ3v) is 4.27. The lowest BCUT2D eigenvalue weighted by atomic mass is 10.2. The maximum absolute atomic E-state index is 12.6. The number of carbonyl (C=O) groups excluding carboxylic acids is 1. The summed E-state index contributed by atoms with van der Waals surface area (Å²) in [5.74, 6) is -0.0889. The van der Waals surface area contributed by atoms with E-state index < -0.39 is 0 Å². The number of carbonyl (C=O) groups is 1. The van der Waals surface area contributed by atoms with E-state index in [0.717, 1.165) is 4.70 Å². The van der Waals surface area contributed by atoms with Crippen molar-refractivity contribution in [3.05, 3.63) is 23.2 Å². The zero-order valence-corrected chi connectivity index (χ0v) is 12.5. The molecular weight excluding hydrogens is 274 g/mol. The minimum Gasteiger partial charge on any atom is -0.396 e. The molecule has 1 amide bonds. The maximum atomic E-state index is 12.6. The number of aliphatic hydroxyl groups is 1. The Morgan fingerprint density at radius 3 is 2.90 bits per heavy atom. The predicted octanol–water partition coefficient (Wildman–Crippen LogP) is 2.11. The predicted molar refractivity (Wildman–Crippen MR) is 81.9 cm³/mol. The van der Waals surface area contributed by atoms with E-state index >= 15 is 0 Å². The normalized spacial score (nSPS) is 11.2. The number of amides is 1. The Kier molecular flexibility index (Phi) is 4.57. The molecule has 2 aromatic heterocycles. The van der Waals surface area contributed by atoms with Gasteiger partial charge in [-0.1, -0.05) is 0 Å². The highest BCUT2D eigenvalue weighted by Crippen LogP contribution is 2.33. The monoisotopic (exact) mass is 293 g/mol.